The number of rotatable bonds is 4. The number of aromatic nitrogens is 4. The van der Waals surface area contributed by atoms with Crippen LogP contribution in [0.15, 0.2) is 40.7 Å². The molecule has 0 spiro atoms. The summed E-state index contributed by atoms with van der Waals surface area (Å²) < 4.78 is 2.53. The van der Waals surface area contributed by atoms with Crippen molar-refractivity contribution in [1.82, 2.24) is 19.3 Å². The number of nitrogens with zero attached hydrogens (tertiary/aromatic N) is 4. The first-order chi connectivity index (χ1) is 9.52. The summed E-state index contributed by atoms with van der Waals surface area (Å²) in [7, 11) is 0. The van der Waals surface area contributed by atoms with Crippen molar-refractivity contribution in [3.05, 3.63) is 62.7 Å². The molecule has 6 nitrogen and oxygen atoms in total. The second-order valence-corrected chi connectivity index (χ2v) is 4.56. The molecule has 0 unspecified atom stereocenters. The highest BCUT2D eigenvalue weighted by Gasteiger charge is 2.07. The Hall–Kier alpha value is -2.21. The van der Waals surface area contributed by atoms with Gasteiger partial charge >= 0.3 is 11.1 Å². The highest BCUT2D eigenvalue weighted by atomic mass is 35.5. The normalized spacial score (nSPS) is 10.5. The topological polar surface area (TPSA) is 69.8 Å². The molecule has 0 radical (unpaired) electrons. The molecule has 0 saturated heterocycles. The third-order valence-electron chi connectivity index (χ3n) is 2.83. The van der Waals surface area contributed by atoms with Crippen LogP contribution in [0, 0.1) is 0 Å². The summed E-state index contributed by atoms with van der Waals surface area (Å²) in [5.41, 5.74) is -0.131. The average molecular weight is 293 g/mol. The third kappa shape index (κ3) is 2.85. The van der Waals surface area contributed by atoms with E-state index in [1.807, 2.05) is 6.92 Å². The van der Waals surface area contributed by atoms with Gasteiger partial charge in [0, 0.05) is 18.1 Å². The molecule has 0 saturated carbocycles. The Morgan fingerprint density at radius 2 is 2.00 bits per heavy atom. The molecule has 0 fully saturated rings. The predicted molar refractivity (Wildman–Crippen MR) is 76.7 cm³/mol. The molecule has 0 amide bonds. The molecule has 0 aromatic carbocycles. The van der Waals surface area contributed by atoms with Crippen LogP contribution in [-0.4, -0.2) is 19.3 Å². The van der Waals surface area contributed by atoms with Gasteiger partial charge in [0.05, 0.1) is 12.2 Å². The van der Waals surface area contributed by atoms with E-state index in [0.29, 0.717) is 17.8 Å². The van der Waals surface area contributed by atoms with Gasteiger partial charge in [-0.25, -0.2) is 0 Å². The second-order valence-electron chi connectivity index (χ2n) is 4.17. The van der Waals surface area contributed by atoms with E-state index in [4.69, 9.17) is 11.6 Å². The van der Waals surface area contributed by atoms with E-state index in [-0.39, 0.29) is 11.7 Å². The van der Waals surface area contributed by atoms with Crippen molar-refractivity contribution in [3.8, 4) is 0 Å². The molecule has 20 heavy (non-hydrogen) atoms. The monoisotopic (exact) mass is 292 g/mol. The lowest BCUT2D eigenvalue weighted by Gasteiger charge is -2.09. The molecule has 2 aromatic heterocycles. The lowest BCUT2D eigenvalue weighted by Crippen LogP contribution is -2.40. The minimum Gasteiger partial charge on any atom is -0.303 e. The fourth-order valence-corrected chi connectivity index (χ4v) is 1.76. The van der Waals surface area contributed by atoms with Crippen molar-refractivity contribution in [2.24, 2.45) is 0 Å². The van der Waals surface area contributed by atoms with Crippen molar-refractivity contribution >= 4 is 17.3 Å². The lowest BCUT2D eigenvalue weighted by atomic mass is 10.3. The van der Waals surface area contributed by atoms with Crippen LogP contribution in [0.4, 0.5) is 0 Å². The molecule has 2 aromatic rings. The Kier molecular flexibility index (Phi) is 4.14. The zero-order chi connectivity index (χ0) is 14.7. The Bertz CT molecular complexity index is 746. The van der Waals surface area contributed by atoms with Crippen LogP contribution in [0.5, 0.6) is 0 Å². The number of hydrogen-bond acceptors (Lipinski definition) is 4. The van der Waals surface area contributed by atoms with Crippen LogP contribution < -0.4 is 11.1 Å². The molecule has 7 heteroatoms. The van der Waals surface area contributed by atoms with Gasteiger partial charge in [0.2, 0.25) is 0 Å². The first-order valence-corrected chi connectivity index (χ1v) is 6.39. The zero-order valence-corrected chi connectivity index (χ0v) is 11.7. The van der Waals surface area contributed by atoms with E-state index in [1.54, 1.807) is 12.1 Å². The van der Waals surface area contributed by atoms with Gasteiger partial charge in [0.1, 0.15) is 0 Å². The summed E-state index contributed by atoms with van der Waals surface area (Å²) in [6, 6.07) is 3.23. The SMILES string of the molecule is C=C(CC)n1ccn(Cc2ccc(Cl)nn2)c(=O)c1=O. The Balaban J connectivity index is 2.37. The maximum Gasteiger partial charge on any atom is 0.320 e. The molecule has 0 atom stereocenters. The van der Waals surface area contributed by atoms with Crippen LogP contribution in [0.3, 0.4) is 0 Å². The van der Waals surface area contributed by atoms with E-state index in [9.17, 15) is 9.59 Å². The van der Waals surface area contributed by atoms with E-state index >= 15 is 0 Å². The molecular formula is C13H13ClN4O2. The average Bonchev–Trinajstić information content (AvgIpc) is 2.45. The number of allylic oxidation sites excluding steroid dienone is 1. The van der Waals surface area contributed by atoms with Crippen LogP contribution in [0.1, 0.15) is 19.0 Å². The molecule has 0 bridgehead atoms. The Morgan fingerprint density at radius 1 is 1.25 bits per heavy atom. The number of hydrogen-bond donors (Lipinski definition) is 0. The minimum atomic E-state index is -0.626. The maximum absolute atomic E-state index is 12.0. The van der Waals surface area contributed by atoms with Crippen molar-refractivity contribution in [3.63, 3.8) is 0 Å². The van der Waals surface area contributed by atoms with Gasteiger partial charge in [-0.3, -0.25) is 14.2 Å². The Labute approximate surface area is 120 Å². The van der Waals surface area contributed by atoms with Crippen molar-refractivity contribution < 1.29 is 0 Å². The summed E-state index contributed by atoms with van der Waals surface area (Å²) in [6.45, 7) is 5.78. The van der Waals surface area contributed by atoms with Crippen LogP contribution in [0.2, 0.25) is 5.15 Å². The van der Waals surface area contributed by atoms with Gasteiger partial charge in [-0.1, -0.05) is 25.1 Å². The fourth-order valence-electron chi connectivity index (χ4n) is 1.65. The summed E-state index contributed by atoms with van der Waals surface area (Å²) in [6.07, 6.45) is 3.64. The zero-order valence-electron chi connectivity index (χ0n) is 10.9. The number of halogens is 1. The molecule has 0 aliphatic heterocycles. The van der Waals surface area contributed by atoms with Gasteiger partial charge < -0.3 is 4.57 Å². The van der Waals surface area contributed by atoms with Crippen molar-refractivity contribution in [2.75, 3.05) is 0 Å². The summed E-state index contributed by atoms with van der Waals surface area (Å²) in [4.78, 5) is 23.9. The van der Waals surface area contributed by atoms with Gasteiger partial charge in [-0.15, -0.1) is 5.10 Å². The minimum absolute atomic E-state index is 0.164. The van der Waals surface area contributed by atoms with Crippen LogP contribution in [0.25, 0.3) is 5.70 Å². The molecule has 2 heterocycles. The fraction of sp³-hybridized carbons (Fsp3) is 0.231. The van der Waals surface area contributed by atoms with Gasteiger partial charge in [0.25, 0.3) is 0 Å². The van der Waals surface area contributed by atoms with E-state index < -0.39 is 11.1 Å². The first-order valence-electron chi connectivity index (χ1n) is 6.01. The largest absolute Gasteiger partial charge is 0.320 e. The maximum atomic E-state index is 12.0. The van der Waals surface area contributed by atoms with Crippen molar-refractivity contribution in [1.29, 1.82) is 0 Å². The Morgan fingerprint density at radius 3 is 2.60 bits per heavy atom. The van der Waals surface area contributed by atoms with E-state index in [1.165, 1.54) is 21.5 Å². The van der Waals surface area contributed by atoms with E-state index in [2.05, 4.69) is 16.8 Å². The highest BCUT2D eigenvalue weighted by Crippen LogP contribution is 2.04. The van der Waals surface area contributed by atoms with E-state index in [0.717, 1.165) is 0 Å². The molecule has 0 aliphatic carbocycles. The van der Waals surface area contributed by atoms with Crippen LogP contribution in [-0.2, 0) is 6.54 Å². The lowest BCUT2D eigenvalue weighted by molar-refractivity contribution is 0.693. The molecule has 104 valence electrons. The molecular weight excluding hydrogens is 280 g/mol. The van der Waals surface area contributed by atoms with Gasteiger partial charge in [0.15, 0.2) is 5.15 Å². The quantitative estimate of drug-likeness (QED) is 0.798. The molecule has 0 aliphatic rings. The van der Waals surface area contributed by atoms with Crippen molar-refractivity contribution in [2.45, 2.75) is 19.9 Å². The predicted octanol–water partition coefficient (Wildman–Crippen LogP) is 1.38. The smallest absolute Gasteiger partial charge is 0.303 e. The third-order valence-corrected chi connectivity index (χ3v) is 3.03. The first kappa shape index (κ1) is 14.2. The van der Waals surface area contributed by atoms with Gasteiger partial charge in [-0.05, 0) is 18.6 Å². The summed E-state index contributed by atoms with van der Waals surface area (Å²) >= 11 is 5.64. The highest BCUT2D eigenvalue weighted by molar-refractivity contribution is 6.29. The summed E-state index contributed by atoms with van der Waals surface area (Å²) in [5.74, 6) is 0. The van der Waals surface area contributed by atoms with Gasteiger partial charge in [-0.2, -0.15) is 5.10 Å². The van der Waals surface area contributed by atoms with Crippen LogP contribution >= 0.6 is 11.6 Å². The second kappa shape index (κ2) is 5.83. The standard InChI is InChI=1S/C13H13ClN4O2/c1-3-9(2)18-7-6-17(12(19)13(18)20)8-10-4-5-11(14)16-15-10/h4-7H,2-3,8H2,1H3. The molecule has 0 N–H and O–H groups in total. The summed E-state index contributed by atoms with van der Waals surface area (Å²) in [5, 5.41) is 7.81. The molecule has 2 rings (SSSR count).